The van der Waals surface area contributed by atoms with E-state index in [-0.39, 0.29) is 28.9 Å². The SMILES string of the molecule is CCOC(=O)C1=C(CBr)N(c2cc(F)cc(F)c2)C(=O)NC1c1ccc(C#N)cc1. The van der Waals surface area contributed by atoms with Crippen molar-refractivity contribution < 1.29 is 23.1 Å². The van der Waals surface area contributed by atoms with Gasteiger partial charge in [0, 0.05) is 11.4 Å². The second-order valence-corrected chi connectivity index (χ2v) is 6.85. The summed E-state index contributed by atoms with van der Waals surface area (Å²) < 4.78 is 32.8. The quantitative estimate of drug-likeness (QED) is 0.515. The van der Waals surface area contributed by atoms with E-state index in [0.717, 1.165) is 17.0 Å². The fourth-order valence-electron chi connectivity index (χ4n) is 3.19. The second kappa shape index (κ2) is 9.05. The van der Waals surface area contributed by atoms with Crippen LogP contribution in [-0.4, -0.2) is 23.9 Å². The molecule has 9 heteroatoms. The highest BCUT2D eigenvalue weighted by atomic mass is 79.9. The number of hydrogen-bond acceptors (Lipinski definition) is 4. The maximum Gasteiger partial charge on any atom is 0.338 e. The van der Waals surface area contributed by atoms with Gasteiger partial charge >= 0.3 is 12.0 Å². The highest BCUT2D eigenvalue weighted by molar-refractivity contribution is 9.09. The third-order valence-corrected chi connectivity index (χ3v) is 4.97. The van der Waals surface area contributed by atoms with E-state index in [1.165, 1.54) is 0 Å². The fraction of sp³-hybridized carbons (Fsp3) is 0.190. The molecule has 1 aliphatic rings. The molecular formula is C21H16BrF2N3O3. The van der Waals surface area contributed by atoms with Crippen molar-refractivity contribution in [1.29, 1.82) is 5.26 Å². The Balaban J connectivity index is 2.19. The largest absolute Gasteiger partial charge is 0.463 e. The van der Waals surface area contributed by atoms with Crippen LogP contribution in [0.1, 0.15) is 24.1 Å². The number of nitrogens with one attached hydrogen (secondary N) is 1. The monoisotopic (exact) mass is 475 g/mol. The molecule has 0 bridgehead atoms. The van der Waals surface area contributed by atoms with Crippen molar-refractivity contribution in [3.05, 3.63) is 76.5 Å². The van der Waals surface area contributed by atoms with E-state index in [0.29, 0.717) is 17.2 Å². The summed E-state index contributed by atoms with van der Waals surface area (Å²) in [5, 5.41) is 11.7. The van der Waals surface area contributed by atoms with E-state index in [2.05, 4.69) is 21.2 Å². The van der Waals surface area contributed by atoms with Crippen LogP contribution in [0.4, 0.5) is 19.3 Å². The Morgan fingerprint density at radius 1 is 1.23 bits per heavy atom. The molecular weight excluding hydrogens is 460 g/mol. The lowest BCUT2D eigenvalue weighted by atomic mass is 9.94. The maximum atomic E-state index is 13.8. The van der Waals surface area contributed by atoms with Crippen LogP contribution >= 0.6 is 15.9 Å². The zero-order valence-corrected chi connectivity index (χ0v) is 17.4. The first kappa shape index (κ1) is 21.5. The lowest BCUT2D eigenvalue weighted by Crippen LogP contribution is -2.49. The zero-order valence-electron chi connectivity index (χ0n) is 15.8. The van der Waals surface area contributed by atoms with Crippen LogP contribution in [0.25, 0.3) is 0 Å². The molecule has 0 spiro atoms. The van der Waals surface area contributed by atoms with Crippen molar-refractivity contribution in [3.63, 3.8) is 0 Å². The van der Waals surface area contributed by atoms with Gasteiger partial charge in [0.05, 0.1) is 41.2 Å². The third-order valence-electron chi connectivity index (χ3n) is 4.44. The van der Waals surface area contributed by atoms with Crippen molar-refractivity contribution in [1.82, 2.24) is 5.32 Å². The summed E-state index contributed by atoms with van der Waals surface area (Å²) >= 11 is 3.28. The minimum Gasteiger partial charge on any atom is -0.463 e. The molecule has 2 aromatic carbocycles. The Labute approximate surface area is 179 Å². The highest BCUT2D eigenvalue weighted by Crippen LogP contribution is 2.35. The van der Waals surface area contributed by atoms with Gasteiger partial charge in [0.1, 0.15) is 11.6 Å². The van der Waals surface area contributed by atoms with Gasteiger partial charge in [-0.1, -0.05) is 28.1 Å². The Morgan fingerprint density at radius 3 is 2.40 bits per heavy atom. The van der Waals surface area contributed by atoms with Gasteiger partial charge in [0.2, 0.25) is 0 Å². The lowest BCUT2D eigenvalue weighted by Gasteiger charge is -2.36. The zero-order chi connectivity index (χ0) is 21.8. The predicted octanol–water partition coefficient (Wildman–Crippen LogP) is 4.32. The highest BCUT2D eigenvalue weighted by Gasteiger charge is 2.38. The average molecular weight is 476 g/mol. The number of nitriles is 1. The number of esters is 1. The van der Waals surface area contributed by atoms with E-state index in [9.17, 15) is 18.4 Å². The van der Waals surface area contributed by atoms with E-state index >= 15 is 0 Å². The van der Waals surface area contributed by atoms with Gasteiger partial charge in [0.25, 0.3) is 0 Å². The molecule has 0 saturated heterocycles. The van der Waals surface area contributed by atoms with Crippen molar-refractivity contribution in [2.24, 2.45) is 0 Å². The molecule has 3 rings (SSSR count). The first-order chi connectivity index (χ1) is 14.4. The van der Waals surface area contributed by atoms with Gasteiger partial charge in [0.15, 0.2) is 0 Å². The van der Waals surface area contributed by atoms with Crippen LogP contribution < -0.4 is 10.2 Å². The number of carbonyl (C=O) groups excluding carboxylic acids is 2. The minimum absolute atomic E-state index is 0.0411. The average Bonchev–Trinajstić information content (AvgIpc) is 2.72. The number of nitrogens with zero attached hydrogens (tertiary/aromatic N) is 2. The molecule has 0 saturated carbocycles. The summed E-state index contributed by atoms with van der Waals surface area (Å²) in [7, 11) is 0. The molecule has 1 N–H and O–H groups in total. The second-order valence-electron chi connectivity index (χ2n) is 6.29. The number of benzene rings is 2. The molecule has 2 amide bonds. The number of rotatable bonds is 5. The number of allylic oxidation sites excluding steroid dienone is 1. The Kier molecular flexibility index (Phi) is 6.47. The molecule has 154 valence electrons. The van der Waals surface area contributed by atoms with E-state index < -0.39 is 29.7 Å². The summed E-state index contributed by atoms with van der Waals surface area (Å²) in [6.07, 6.45) is 0. The maximum absolute atomic E-state index is 13.8. The Morgan fingerprint density at radius 2 is 1.87 bits per heavy atom. The van der Waals surface area contributed by atoms with Gasteiger partial charge in [-0.2, -0.15) is 5.26 Å². The van der Waals surface area contributed by atoms with Gasteiger partial charge < -0.3 is 10.1 Å². The fourth-order valence-corrected chi connectivity index (χ4v) is 3.74. The molecule has 0 fully saturated rings. The molecule has 1 aliphatic heterocycles. The van der Waals surface area contributed by atoms with Crippen LogP contribution in [0.5, 0.6) is 0 Å². The Hall–Kier alpha value is -3.25. The van der Waals surface area contributed by atoms with E-state index in [1.54, 1.807) is 31.2 Å². The molecule has 0 radical (unpaired) electrons. The van der Waals surface area contributed by atoms with Gasteiger partial charge in [-0.3, -0.25) is 4.90 Å². The van der Waals surface area contributed by atoms with Crippen molar-refractivity contribution >= 4 is 33.6 Å². The number of alkyl halides is 1. The minimum atomic E-state index is -0.869. The van der Waals surface area contributed by atoms with Crippen molar-refractivity contribution in [2.75, 3.05) is 16.8 Å². The summed E-state index contributed by atoms with van der Waals surface area (Å²) in [6.45, 7) is 1.74. The summed E-state index contributed by atoms with van der Waals surface area (Å²) in [4.78, 5) is 26.8. The molecule has 0 aliphatic carbocycles. The molecule has 1 unspecified atom stereocenters. The van der Waals surface area contributed by atoms with Gasteiger partial charge in [-0.05, 0) is 36.8 Å². The van der Waals surface area contributed by atoms with Crippen LogP contribution in [0.3, 0.4) is 0 Å². The van der Waals surface area contributed by atoms with Crippen LogP contribution in [0, 0.1) is 23.0 Å². The normalized spacial score (nSPS) is 16.2. The lowest BCUT2D eigenvalue weighted by molar-refractivity contribution is -0.139. The van der Waals surface area contributed by atoms with Crippen LogP contribution in [-0.2, 0) is 9.53 Å². The van der Waals surface area contributed by atoms with Crippen molar-refractivity contribution in [3.8, 4) is 6.07 Å². The third kappa shape index (κ3) is 4.19. The van der Waals surface area contributed by atoms with Crippen molar-refractivity contribution in [2.45, 2.75) is 13.0 Å². The summed E-state index contributed by atoms with van der Waals surface area (Å²) in [5.41, 5.74) is 1.20. The van der Waals surface area contributed by atoms with Gasteiger partial charge in [-0.25, -0.2) is 18.4 Å². The van der Waals surface area contributed by atoms with Gasteiger partial charge in [-0.15, -0.1) is 0 Å². The van der Waals surface area contributed by atoms with E-state index in [1.807, 2.05) is 6.07 Å². The van der Waals surface area contributed by atoms with Crippen LogP contribution in [0.15, 0.2) is 53.7 Å². The van der Waals surface area contributed by atoms with Crippen LogP contribution in [0.2, 0.25) is 0 Å². The number of anilines is 1. The topological polar surface area (TPSA) is 82.4 Å². The smallest absolute Gasteiger partial charge is 0.338 e. The number of carbonyl (C=O) groups is 2. The number of amides is 2. The molecule has 2 aromatic rings. The molecule has 0 aromatic heterocycles. The standard InChI is InChI=1S/C21H16BrF2N3O3/c1-2-30-20(28)18-17(10-22)27(16-8-14(23)7-15(24)9-16)21(29)26-19(18)13-5-3-12(11-25)4-6-13/h3-9,19H,2,10H2,1H3,(H,26,29). The number of urea groups is 1. The summed E-state index contributed by atoms with van der Waals surface area (Å²) in [5.74, 6) is -2.40. The van der Waals surface area contributed by atoms with E-state index in [4.69, 9.17) is 10.00 Å². The molecule has 30 heavy (non-hydrogen) atoms. The first-order valence-corrected chi connectivity index (χ1v) is 10.0. The number of halogens is 3. The number of hydrogen-bond donors (Lipinski definition) is 1. The first-order valence-electron chi connectivity index (χ1n) is 8.92. The summed E-state index contributed by atoms with van der Waals surface area (Å²) in [6, 6.07) is 9.50. The molecule has 6 nitrogen and oxygen atoms in total. The predicted molar refractivity (Wildman–Crippen MR) is 109 cm³/mol. The Bertz CT molecular complexity index is 1040. The number of ether oxygens (including phenoxy) is 1. The molecule has 1 atom stereocenters. The molecule has 1 heterocycles.